The molecule has 0 saturated carbocycles. The van der Waals surface area contributed by atoms with Crippen molar-refractivity contribution in [2.45, 2.75) is 19.3 Å². The summed E-state index contributed by atoms with van der Waals surface area (Å²) in [7, 11) is 0. The molecule has 0 radical (unpaired) electrons. The number of amides is 1. The lowest BCUT2D eigenvalue weighted by atomic mass is 10.1. The van der Waals surface area contributed by atoms with E-state index in [4.69, 9.17) is 7.10 Å². The lowest BCUT2D eigenvalue weighted by Crippen LogP contribution is -2.29. The van der Waals surface area contributed by atoms with E-state index in [1.165, 1.54) is 5.56 Å². The van der Waals surface area contributed by atoms with Gasteiger partial charge >= 0.3 is 0 Å². The van der Waals surface area contributed by atoms with E-state index in [2.05, 4.69) is 17.4 Å². The molecule has 0 spiro atoms. The summed E-state index contributed by atoms with van der Waals surface area (Å²) in [6.07, 6.45) is 2.63. The second-order valence-corrected chi connectivity index (χ2v) is 3.43. The molecular weight excluding hydrogens is 188 g/mol. The van der Waals surface area contributed by atoms with Crippen LogP contribution in [-0.4, -0.2) is 19.0 Å². The third-order valence-corrected chi connectivity index (χ3v) is 2.08. The Morgan fingerprint density at radius 2 is 2.07 bits per heavy atom. The Balaban J connectivity index is 2.13. The minimum Gasteiger partial charge on any atom is -0.369 e. The summed E-state index contributed by atoms with van der Waals surface area (Å²) in [6.45, 7) is -0.323. The first-order valence-corrected chi connectivity index (χ1v) is 5.16. The Bertz CT molecular complexity index is 316. The summed E-state index contributed by atoms with van der Waals surface area (Å²) in [5.74, 6) is -0.416. The van der Waals surface area contributed by atoms with Crippen molar-refractivity contribution in [3.8, 4) is 0 Å². The highest BCUT2D eigenvalue weighted by molar-refractivity contribution is 5.75. The smallest absolute Gasteiger partial charge is 0.231 e. The van der Waals surface area contributed by atoms with Gasteiger partial charge < -0.3 is 11.1 Å². The summed E-state index contributed by atoms with van der Waals surface area (Å²) in [4.78, 5) is 10.5. The molecule has 1 atom stereocenters. The highest BCUT2D eigenvalue weighted by Gasteiger charge is 1.94. The third-order valence-electron chi connectivity index (χ3n) is 2.08. The molecular formula is C12H18N2O. The number of aryl methyl sites for hydroxylation is 1. The van der Waals surface area contributed by atoms with E-state index in [0.29, 0.717) is 0 Å². The van der Waals surface area contributed by atoms with Crippen LogP contribution >= 0.6 is 0 Å². The normalized spacial score (nSPS) is 13.2. The predicted octanol–water partition coefficient (Wildman–Crippen LogP) is 1.08. The van der Waals surface area contributed by atoms with Crippen LogP contribution in [0.5, 0.6) is 0 Å². The zero-order chi connectivity index (χ0) is 11.8. The van der Waals surface area contributed by atoms with Crippen LogP contribution in [0.3, 0.4) is 0 Å². The van der Waals surface area contributed by atoms with Crippen LogP contribution in [-0.2, 0) is 11.2 Å². The first-order chi connectivity index (χ1) is 7.68. The monoisotopic (exact) mass is 207 g/mol. The van der Waals surface area contributed by atoms with Gasteiger partial charge in [0.1, 0.15) is 0 Å². The number of rotatable bonds is 7. The number of nitrogens with one attached hydrogen (secondary N) is 1. The van der Waals surface area contributed by atoms with E-state index >= 15 is 0 Å². The van der Waals surface area contributed by atoms with Crippen LogP contribution < -0.4 is 11.1 Å². The topological polar surface area (TPSA) is 55.1 Å². The minimum atomic E-state index is -0.416. The summed E-state index contributed by atoms with van der Waals surface area (Å²) in [5, 5.41) is 2.76. The van der Waals surface area contributed by atoms with Crippen molar-refractivity contribution in [3.63, 3.8) is 0 Å². The van der Waals surface area contributed by atoms with Gasteiger partial charge in [0.2, 0.25) is 5.91 Å². The highest BCUT2D eigenvalue weighted by atomic mass is 16.1. The molecule has 1 unspecified atom stereocenters. The quantitative estimate of drug-likeness (QED) is 0.703. The van der Waals surface area contributed by atoms with Gasteiger partial charge in [0.05, 0.1) is 6.54 Å². The molecule has 3 heteroatoms. The van der Waals surface area contributed by atoms with Gasteiger partial charge in [-0.2, -0.15) is 0 Å². The molecule has 0 bridgehead atoms. The van der Waals surface area contributed by atoms with Gasteiger partial charge in [-0.25, -0.2) is 0 Å². The zero-order valence-corrected chi connectivity index (χ0v) is 8.78. The molecule has 1 aromatic rings. The molecule has 3 nitrogen and oxygen atoms in total. The molecule has 0 saturated heterocycles. The van der Waals surface area contributed by atoms with Crippen LogP contribution in [0.4, 0.5) is 0 Å². The average molecular weight is 207 g/mol. The number of hydrogen-bond acceptors (Lipinski definition) is 2. The lowest BCUT2D eigenvalue weighted by Gasteiger charge is -2.02. The molecule has 1 amide bonds. The Labute approximate surface area is 92.1 Å². The fraction of sp³-hybridized carbons (Fsp3) is 0.417. The number of carbonyl (C=O) groups excluding carboxylic acids is 1. The van der Waals surface area contributed by atoms with Gasteiger partial charge in [-0.15, -0.1) is 0 Å². The summed E-state index contributed by atoms with van der Waals surface area (Å²) in [6, 6.07) is 10.2. The van der Waals surface area contributed by atoms with Crippen molar-refractivity contribution >= 4 is 5.91 Å². The Morgan fingerprint density at radius 3 is 2.73 bits per heavy atom. The van der Waals surface area contributed by atoms with Crippen molar-refractivity contribution in [1.82, 2.24) is 5.32 Å². The molecule has 0 heterocycles. The maximum atomic E-state index is 10.5. The molecule has 0 aliphatic carbocycles. The number of benzene rings is 1. The number of carbonyl (C=O) groups is 1. The Hall–Kier alpha value is -1.35. The summed E-state index contributed by atoms with van der Waals surface area (Å²) >= 11 is 0. The molecule has 3 N–H and O–H groups in total. The van der Waals surface area contributed by atoms with E-state index < -0.39 is 12.4 Å². The number of nitrogens with two attached hydrogens (primary N) is 1. The molecule has 0 aliphatic rings. The standard InChI is InChI=1S/C12H18N2O/c13-12(15)10-14-9-5-4-8-11-6-2-1-3-7-11/h1-3,6-7,14H,4-5,8-10H2,(H2,13,15)/i9D. The van der Waals surface area contributed by atoms with Gasteiger partial charge in [-0.05, 0) is 31.3 Å². The fourth-order valence-corrected chi connectivity index (χ4v) is 1.33. The van der Waals surface area contributed by atoms with E-state index in [1.807, 2.05) is 18.2 Å². The third kappa shape index (κ3) is 5.86. The van der Waals surface area contributed by atoms with E-state index in [-0.39, 0.29) is 6.54 Å². The van der Waals surface area contributed by atoms with E-state index in [1.54, 1.807) is 0 Å². The fourth-order valence-electron chi connectivity index (χ4n) is 1.33. The number of hydrogen-bond donors (Lipinski definition) is 2. The second kappa shape index (κ2) is 7.01. The minimum absolute atomic E-state index is 0.0828. The first-order valence-electron chi connectivity index (χ1n) is 5.74. The van der Waals surface area contributed by atoms with Crippen LogP contribution in [0.2, 0.25) is 0 Å². The van der Waals surface area contributed by atoms with Crippen molar-refractivity contribution in [2.24, 2.45) is 5.73 Å². The van der Waals surface area contributed by atoms with Crippen LogP contribution in [0.25, 0.3) is 0 Å². The van der Waals surface area contributed by atoms with E-state index in [9.17, 15) is 4.79 Å². The van der Waals surface area contributed by atoms with Gasteiger partial charge in [-0.3, -0.25) is 4.79 Å². The van der Waals surface area contributed by atoms with Gasteiger partial charge in [0.25, 0.3) is 0 Å². The van der Waals surface area contributed by atoms with Gasteiger partial charge in [0.15, 0.2) is 0 Å². The SMILES string of the molecule is [2H]C(CCCc1ccccc1)NCC(N)=O. The van der Waals surface area contributed by atoms with Crippen molar-refractivity contribution < 1.29 is 6.17 Å². The molecule has 82 valence electrons. The van der Waals surface area contributed by atoms with Gasteiger partial charge in [0, 0.05) is 1.37 Å². The molecule has 1 aromatic carbocycles. The van der Waals surface area contributed by atoms with Crippen molar-refractivity contribution in [2.75, 3.05) is 13.1 Å². The maximum absolute atomic E-state index is 10.5. The summed E-state index contributed by atoms with van der Waals surface area (Å²) < 4.78 is 7.61. The summed E-state index contributed by atoms with van der Waals surface area (Å²) in [5.41, 5.74) is 6.26. The number of primary amides is 1. The Morgan fingerprint density at radius 1 is 1.33 bits per heavy atom. The van der Waals surface area contributed by atoms with Crippen LogP contribution in [0.15, 0.2) is 30.3 Å². The first kappa shape index (κ1) is 10.2. The Kier molecular flexibility index (Phi) is 4.76. The average Bonchev–Trinajstić information content (AvgIpc) is 2.28. The molecule has 0 aliphatic heterocycles. The predicted molar refractivity (Wildman–Crippen MR) is 61.4 cm³/mol. The lowest BCUT2D eigenvalue weighted by molar-refractivity contribution is -0.117. The van der Waals surface area contributed by atoms with Crippen molar-refractivity contribution in [1.29, 1.82) is 0 Å². The second-order valence-electron chi connectivity index (χ2n) is 3.43. The van der Waals surface area contributed by atoms with Crippen LogP contribution in [0, 0.1) is 0 Å². The van der Waals surface area contributed by atoms with Crippen molar-refractivity contribution in [3.05, 3.63) is 35.9 Å². The molecule has 1 rings (SSSR count). The van der Waals surface area contributed by atoms with Gasteiger partial charge in [-0.1, -0.05) is 30.3 Å². The zero-order valence-electron chi connectivity index (χ0n) is 9.78. The molecule has 0 aromatic heterocycles. The van der Waals surface area contributed by atoms with Crippen LogP contribution in [0.1, 0.15) is 19.8 Å². The highest BCUT2D eigenvalue weighted by Crippen LogP contribution is 2.03. The van der Waals surface area contributed by atoms with E-state index in [0.717, 1.165) is 19.3 Å². The largest absolute Gasteiger partial charge is 0.369 e. The maximum Gasteiger partial charge on any atom is 0.231 e. The molecule has 15 heavy (non-hydrogen) atoms. The molecule has 0 fully saturated rings.